The topological polar surface area (TPSA) is 298 Å². The molecule has 82 heavy (non-hydrogen) atoms. The minimum Gasteiger partial charge on any atom is -0.469 e. The lowest BCUT2D eigenvalue weighted by Gasteiger charge is -2.21. The van der Waals surface area contributed by atoms with Crippen LogP contribution in [0.15, 0.2) is 29.2 Å². The summed E-state index contributed by atoms with van der Waals surface area (Å²) in [5.41, 5.74) is 0.956. The Hall–Kier alpha value is -2.89. The number of hydrogen-bond acceptors (Lipinski definition) is 21. The first-order chi connectivity index (χ1) is 39.1. The van der Waals surface area contributed by atoms with Gasteiger partial charge < -0.3 is 59.3 Å². The van der Waals surface area contributed by atoms with Gasteiger partial charge in [0.05, 0.1) is 87.7 Å². The highest BCUT2D eigenvalue weighted by atomic mass is 32.2. The molecule has 21 nitrogen and oxygen atoms in total. The molecular formula is C56H95N3O18S5. The lowest BCUT2D eigenvalue weighted by Crippen LogP contribution is -2.40. The second-order valence-corrected chi connectivity index (χ2v) is 26.0. The summed E-state index contributed by atoms with van der Waals surface area (Å²) in [6, 6.07) is 5.38. The average molecular weight is 1260 g/mol. The Balaban J connectivity index is 0.000000363. The fourth-order valence-electron chi connectivity index (χ4n) is 10.1. The van der Waals surface area contributed by atoms with Crippen molar-refractivity contribution in [1.82, 2.24) is 16.0 Å². The molecule has 6 fully saturated rings. The number of carbonyl (C=O) groups excluding carboxylic acids is 6. The quantitative estimate of drug-likeness (QED) is 0.0211. The number of benzene rings is 1. The van der Waals surface area contributed by atoms with Gasteiger partial charge in [-0.05, 0) is 62.7 Å². The third-order valence-corrected chi connectivity index (χ3v) is 19.3. The number of amides is 3. The molecule has 3 aliphatic heterocycles. The molecule has 0 aromatic heterocycles. The second-order valence-electron chi connectivity index (χ2n) is 20.5. The number of thioether (sulfide) groups is 2. The van der Waals surface area contributed by atoms with Gasteiger partial charge in [-0.15, -0.1) is 23.5 Å². The van der Waals surface area contributed by atoms with Gasteiger partial charge in [-0.3, -0.25) is 33.3 Å². The van der Waals surface area contributed by atoms with E-state index < -0.39 is 33.5 Å². The molecule has 6 atom stereocenters. The maximum Gasteiger partial charge on any atom is 0.310 e. The fraction of sp³-hybridized carbons (Fsp3) is 0.786. The van der Waals surface area contributed by atoms with Gasteiger partial charge in [-0.2, -0.15) is 33.7 Å². The van der Waals surface area contributed by atoms with Crippen LogP contribution in [0, 0.1) is 24.7 Å². The van der Waals surface area contributed by atoms with Gasteiger partial charge in [0.25, 0.3) is 10.1 Å². The third kappa shape index (κ3) is 26.8. The Labute approximate surface area is 506 Å². The number of carbonyl (C=O) groups is 6. The second kappa shape index (κ2) is 40.5. The zero-order chi connectivity index (χ0) is 61.2. The van der Waals surface area contributed by atoms with Gasteiger partial charge >= 0.3 is 17.9 Å². The molecule has 0 bridgehead atoms. The molecule has 7 rings (SSSR count). The van der Waals surface area contributed by atoms with Crippen molar-refractivity contribution >= 4 is 94.5 Å². The fourth-order valence-corrected chi connectivity index (χ4v) is 14.0. The average Bonchev–Trinajstić information content (AvgIpc) is 4.44. The molecule has 3 spiro atoms. The van der Waals surface area contributed by atoms with Crippen molar-refractivity contribution in [2.45, 2.75) is 182 Å². The first-order valence-corrected chi connectivity index (χ1v) is 33.2. The number of hydrogen-bond donors (Lipinski definition) is 8. The normalized spacial score (nSPS) is 23.0. The Morgan fingerprint density at radius 2 is 0.890 bits per heavy atom. The predicted octanol–water partition coefficient (Wildman–Crippen LogP) is 6.62. The summed E-state index contributed by atoms with van der Waals surface area (Å²) < 4.78 is 66.9. The number of rotatable bonds is 21. The monoisotopic (exact) mass is 1260 g/mol. The van der Waals surface area contributed by atoms with E-state index in [2.05, 4.69) is 62.0 Å². The van der Waals surface area contributed by atoms with Gasteiger partial charge in [0.2, 0.25) is 17.7 Å². The maximum atomic E-state index is 12.1. The van der Waals surface area contributed by atoms with Gasteiger partial charge in [0.15, 0.2) is 11.6 Å². The molecule has 3 aliphatic carbocycles. The number of aliphatic hydroxyl groups is 2. The number of methoxy groups -OCH3 is 3. The van der Waals surface area contributed by atoms with Gasteiger partial charge in [0.1, 0.15) is 0 Å². The van der Waals surface area contributed by atoms with E-state index in [1.165, 1.54) is 33.5 Å². The molecule has 472 valence electrons. The van der Waals surface area contributed by atoms with Crippen molar-refractivity contribution in [2.24, 2.45) is 17.8 Å². The molecule has 6 N–H and O–H groups in total. The number of ether oxygens (including phenoxy) is 7. The lowest BCUT2D eigenvalue weighted by molar-refractivity contribution is -0.161. The minimum absolute atomic E-state index is 0.0163. The van der Waals surface area contributed by atoms with Crippen molar-refractivity contribution in [3.05, 3.63) is 29.8 Å². The predicted molar refractivity (Wildman–Crippen MR) is 322 cm³/mol. The summed E-state index contributed by atoms with van der Waals surface area (Å²) in [5, 5.41) is 24.2. The number of aliphatic hydroxyl groups excluding tert-OH is 2. The van der Waals surface area contributed by atoms with Gasteiger partial charge in [0, 0.05) is 74.6 Å². The summed E-state index contributed by atoms with van der Waals surface area (Å²) in [5.74, 6) is 0.823. The highest BCUT2D eigenvalue weighted by Gasteiger charge is 2.55. The van der Waals surface area contributed by atoms with E-state index in [-0.39, 0.29) is 81.9 Å². The van der Waals surface area contributed by atoms with Crippen molar-refractivity contribution in [3.8, 4) is 0 Å². The van der Waals surface area contributed by atoms with Crippen LogP contribution in [0.4, 0.5) is 0 Å². The van der Waals surface area contributed by atoms with Crippen LogP contribution >= 0.6 is 48.8 Å². The van der Waals surface area contributed by atoms with Crippen molar-refractivity contribution in [1.29, 1.82) is 0 Å². The molecule has 3 saturated carbocycles. The molecule has 3 heterocycles. The van der Waals surface area contributed by atoms with E-state index in [4.69, 9.17) is 47.9 Å². The van der Waals surface area contributed by atoms with E-state index in [0.717, 1.165) is 99.2 Å². The molecule has 3 amide bonds. The number of nitrogens with one attached hydrogen (secondary N) is 3. The molecular weight excluding hydrogens is 1160 g/mol. The summed E-state index contributed by atoms with van der Waals surface area (Å²) in [6.07, 6.45) is 14.2. The Morgan fingerprint density at radius 1 is 0.561 bits per heavy atom. The lowest BCUT2D eigenvalue weighted by atomic mass is 10.0. The van der Waals surface area contributed by atoms with E-state index in [1.54, 1.807) is 12.1 Å². The van der Waals surface area contributed by atoms with Crippen molar-refractivity contribution in [2.75, 3.05) is 84.0 Å². The number of aryl methyl sites for hydroxylation is 1. The molecule has 0 unspecified atom stereocenters. The minimum atomic E-state index is -4.02. The smallest absolute Gasteiger partial charge is 0.310 e. The molecule has 3 saturated heterocycles. The van der Waals surface area contributed by atoms with Gasteiger partial charge in [-0.1, -0.05) is 77.0 Å². The first-order valence-electron chi connectivity index (χ1n) is 28.6. The van der Waals surface area contributed by atoms with Crippen molar-refractivity contribution < 1.29 is 85.1 Å². The van der Waals surface area contributed by atoms with Gasteiger partial charge in [-0.25, -0.2) is 0 Å². The van der Waals surface area contributed by atoms with Crippen LogP contribution in [0.1, 0.15) is 142 Å². The van der Waals surface area contributed by atoms with Crippen molar-refractivity contribution in [3.63, 3.8) is 0 Å². The first kappa shape index (κ1) is 75.2. The van der Waals surface area contributed by atoms with Crippen LogP contribution in [-0.4, -0.2) is 177 Å². The summed E-state index contributed by atoms with van der Waals surface area (Å²) in [6.45, 7) is 10.0. The number of unbranched alkanes of at least 4 members (excludes halogenated alkanes) is 6. The zero-order valence-electron chi connectivity index (χ0n) is 49.2. The van der Waals surface area contributed by atoms with Crippen LogP contribution in [0.2, 0.25) is 0 Å². The van der Waals surface area contributed by atoms with Crippen LogP contribution in [-0.2, 0) is 72.0 Å². The molecule has 6 aliphatic rings. The summed E-state index contributed by atoms with van der Waals surface area (Å²) in [7, 11) is 0.143. The van der Waals surface area contributed by atoms with Crippen LogP contribution in [0.3, 0.4) is 0 Å². The van der Waals surface area contributed by atoms with Crippen LogP contribution in [0.25, 0.3) is 0 Å². The van der Waals surface area contributed by atoms with E-state index in [0.29, 0.717) is 71.4 Å². The molecule has 26 heteroatoms. The Morgan fingerprint density at radius 3 is 1.18 bits per heavy atom. The van der Waals surface area contributed by atoms with E-state index >= 15 is 0 Å². The number of thiol groups is 2. The summed E-state index contributed by atoms with van der Waals surface area (Å²) in [4.78, 5) is 71.8. The molecule has 1 aromatic carbocycles. The maximum absolute atomic E-state index is 12.1. The Bertz CT molecular complexity index is 1970. The Kier molecular flexibility index (Phi) is 37.1. The number of esters is 3. The van der Waals surface area contributed by atoms with E-state index in [1.807, 2.05) is 30.4 Å². The zero-order valence-corrected chi connectivity index (χ0v) is 53.4. The standard InChI is InChI=1S/2C15H25NO5.C15H25NO3S2.C7H8O3S.C2H6O2.C2H6S2/c3*1-3-4-5-6-13(17)16-12-10-15(20-7-8-21-15)9-11(12)14(18)19-2;1-6-2-4-7(5-3-6)11(8,9)10;2*3-1-2-4/h3*11-12H,3-10H2,1-2H3,(H,16,17);2-5H,1H3,(H,8,9,10);2*3-4H,1-2H2/t3*11-,12+;;;/m000.../s1. The highest BCUT2D eigenvalue weighted by molar-refractivity contribution is 8.21. The van der Waals surface area contributed by atoms with E-state index in [9.17, 15) is 37.2 Å². The van der Waals surface area contributed by atoms with Crippen LogP contribution < -0.4 is 16.0 Å². The molecule has 0 radical (unpaired) electrons. The third-order valence-electron chi connectivity index (χ3n) is 14.2. The highest BCUT2D eigenvalue weighted by Crippen LogP contribution is 2.56. The van der Waals surface area contributed by atoms with Crippen LogP contribution in [0.5, 0.6) is 0 Å². The summed E-state index contributed by atoms with van der Waals surface area (Å²) >= 11 is 11.6. The SMILES string of the molecule is CCCCCC(=O)N[C@@H]1CC2(C[C@@H]1C(=O)OC)OCCO2.CCCCCC(=O)N[C@@H]1CC2(C[C@@H]1C(=O)OC)OCCO2.CCCCCC(=O)N[C@@H]1CC2(C[C@@H]1C(=O)OC)SCCS2.Cc1ccc(S(=O)(=O)O)cc1.OCCO.SCCS. The molecule has 1 aromatic rings. The largest absolute Gasteiger partial charge is 0.469 e.